The lowest BCUT2D eigenvalue weighted by atomic mass is 10.1. The molecule has 1 unspecified atom stereocenters. The van der Waals surface area contributed by atoms with Crippen molar-refractivity contribution in [2.45, 2.75) is 33.1 Å². The van der Waals surface area contributed by atoms with Crippen LogP contribution in [0.25, 0.3) is 0 Å². The molecule has 0 spiro atoms. The summed E-state index contributed by atoms with van der Waals surface area (Å²) in [5.41, 5.74) is -0.687. The smallest absolute Gasteiger partial charge is 0.314 e. The van der Waals surface area contributed by atoms with Crippen molar-refractivity contribution >= 4 is 12.0 Å². The maximum atomic E-state index is 11.3. The van der Waals surface area contributed by atoms with Gasteiger partial charge in [-0.05, 0) is 18.8 Å². The fraction of sp³-hybridized carbons (Fsp3) is 0.818. The Kier molecular flexibility index (Phi) is 4.15. The lowest BCUT2D eigenvalue weighted by Gasteiger charge is -2.13. The molecule has 0 aromatic heterocycles. The first-order valence-corrected chi connectivity index (χ1v) is 5.75. The summed E-state index contributed by atoms with van der Waals surface area (Å²) < 4.78 is 0. The summed E-state index contributed by atoms with van der Waals surface area (Å²) in [7, 11) is 0. The van der Waals surface area contributed by atoms with Crippen LogP contribution in [0.2, 0.25) is 0 Å². The number of amides is 2. The summed E-state index contributed by atoms with van der Waals surface area (Å²) in [5, 5.41) is 14.2. The Morgan fingerprint density at radius 3 is 2.44 bits per heavy atom. The van der Waals surface area contributed by atoms with Gasteiger partial charge in [0.25, 0.3) is 0 Å². The van der Waals surface area contributed by atoms with Crippen molar-refractivity contribution in [3.63, 3.8) is 0 Å². The van der Waals surface area contributed by atoms with Gasteiger partial charge in [0, 0.05) is 13.1 Å². The number of carboxylic acid groups (broad SMARTS) is 1. The van der Waals surface area contributed by atoms with Crippen LogP contribution in [-0.4, -0.2) is 30.2 Å². The average molecular weight is 228 g/mol. The fourth-order valence-electron chi connectivity index (χ4n) is 1.34. The van der Waals surface area contributed by atoms with E-state index in [-0.39, 0.29) is 12.6 Å². The molecule has 2 amide bonds. The highest BCUT2D eigenvalue weighted by molar-refractivity contribution is 5.80. The number of carboxylic acids is 1. The first kappa shape index (κ1) is 12.8. The van der Waals surface area contributed by atoms with Crippen LogP contribution in [0, 0.1) is 11.3 Å². The molecule has 0 aromatic rings. The molecule has 5 nitrogen and oxygen atoms in total. The molecular formula is C11H20N2O3. The molecule has 1 aliphatic rings. The van der Waals surface area contributed by atoms with Crippen molar-refractivity contribution in [2.75, 3.05) is 13.1 Å². The van der Waals surface area contributed by atoms with E-state index >= 15 is 0 Å². The van der Waals surface area contributed by atoms with Crippen LogP contribution in [0.3, 0.4) is 0 Å². The molecule has 92 valence electrons. The monoisotopic (exact) mass is 228 g/mol. The molecule has 3 N–H and O–H groups in total. The number of hydrogen-bond donors (Lipinski definition) is 3. The SMILES string of the molecule is CCC(C)CNC(=O)NCC1(C(=O)O)CC1. The molecule has 0 bridgehead atoms. The fourth-order valence-corrected chi connectivity index (χ4v) is 1.34. The molecule has 0 heterocycles. The van der Waals surface area contributed by atoms with Gasteiger partial charge in [0.2, 0.25) is 0 Å². The third-order valence-electron chi connectivity index (χ3n) is 3.20. The second kappa shape index (κ2) is 5.18. The van der Waals surface area contributed by atoms with Gasteiger partial charge in [-0.25, -0.2) is 4.79 Å². The van der Waals surface area contributed by atoms with Gasteiger partial charge in [0.05, 0.1) is 5.41 Å². The van der Waals surface area contributed by atoms with Gasteiger partial charge in [-0.3, -0.25) is 4.79 Å². The predicted molar refractivity (Wildman–Crippen MR) is 60.2 cm³/mol. The van der Waals surface area contributed by atoms with E-state index in [1.807, 2.05) is 0 Å². The van der Waals surface area contributed by atoms with Crippen molar-refractivity contribution in [3.8, 4) is 0 Å². The molecule has 1 saturated carbocycles. The van der Waals surface area contributed by atoms with E-state index in [0.29, 0.717) is 25.3 Å². The van der Waals surface area contributed by atoms with Crippen LogP contribution in [0.1, 0.15) is 33.1 Å². The number of urea groups is 1. The minimum Gasteiger partial charge on any atom is -0.481 e. The number of carbonyl (C=O) groups excluding carboxylic acids is 1. The Hall–Kier alpha value is -1.26. The minimum absolute atomic E-state index is 0.231. The standard InChI is InChI=1S/C11H20N2O3/c1-3-8(2)6-12-10(16)13-7-11(4-5-11)9(14)15/h8H,3-7H2,1-2H3,(H,14,15)(H2,12,13,16). The molecule has 0 radical (unpaired) electrons. The van der Waals surface area contributed by atoms with E-state index in [4.69, 9.17) is 5.11 Å². The first-order valence-electron chi connectivity index (χ1n) is 5.75. The highest BCUT2D eigenvalue weighted by atomic mass is 16.4. The Balaban J connectivity index is 2.18. The molecular weight excluding hydrogens is 208 g/mol. The van der Waals surface area contributed by atoms with Crippen molar-refractivity contribution in [2.24, 2.45) is 11.3 Å². The number of nitrogens with one attached hydrogen (secondary N) is 2. The highest BCUT2D eigenvalue weighted by Gasteiger charge is 2.50. The van der Waals surface area contributed by atoms with Crippen LogP contribution >= 0.6 is 0 Å². The number of carbonyl (C=O) groups is 2. The predicted octanol–water partition coefficient (Wildman–Crippen LogP) is 1.20. The van der Waals surface area contributed by atoms with E-state index in [0.717, 1.165) is 6.42 Å². The third-order valence-corrected chi connectivity index (χ3v) is 3.20. The summed E-state index contributed by atoms with van der Waals surface area (Å²) in [6.07, 6.45) is 2.33. The van der Waals surface area contributed by atoms with Crippen LogP contribution in [0.5, 0.6) is 0 Å². The van der Waals surface area contributed by atoms with E-state index in [1.165, 1.54) is 0 Å². The number of aliphatic carboxylic acids is 1. The molecule has 0 aliphatic heterocycles. The lowest BCUT2D eigenvalue weighted by molar-refractivity contribution is -0.143. The zero-order chi connectivity index (χ0) is 12.2. The Labute approximate surface area is 95.6 Å². The quantitative estimate of drug-likeness (QED) is 0.639. The lowest BCUT2D eigenvalue weighted by Crippen LogP contribution is -2.42. The van der Waals surface area contributed by atoms with E-state index in [1.54, 1.807) is 0 Å². The molecule has 1 aliphatic carbocycles. The topological polar surface area (TPSA) is 78.4 Å². The summed E-state index contributed by atoms with van der Waals surface area (Å²) in [6, 6.07) is -0.271. The minimum atomic E-state index is -0.810. The van der Waals surface area contributed by atoms with Crippen LogP contribution < -0.4 is 10.6 Å². The van der Waals surface area contributed by atoms with Crippen LogP contribution in [0.4, 0.5) is 4.79 Å². The van der Waals surface area contributed by atoms with Crippen molar-refractivity contribution in [3.05, 3.63) is 0 Å². The maximum Gasteiger partial charge on any atom is 0.314 e. The zero-order valence-electron chi connectivity index (χ0n) is 9.88. The number of rotatable bonds is 6. The third kappa shape index (κ3) is 3.40. The van der Waals surface area contributed by atoms with Gasteiger partial charge in [-0.1, -0.05) is 20.3 Å². The maximum absolute atomic E-state index is 11.3. The summed E-state index contributed by atoms with van der Waals surface area (Å²) >= 11 is 0. The van der Waals surface area contributed by atoms with Crippen molar-refractivity contribution in [1.29, 1.82) is 0 Å². The molecule has 0 saturated heterocycles. The molecule has 1 atom stereocenters. The van der Waals surface area contributed by atoms with Crippen molar-refractivity contribution in [1.82, 2.24) is 10.6 Å². The van der Waals surface area contributed by atoms with Gasteiger partial charge >= 0.3 is 12.0 Å². The summed E-state index contributed by atoms with van der Waals surface area (Å²) in [6.45, 7) is 4.98. The molecule has 5 heteroatoms. The second-order valence-electron chi connectivity index (χ2n) is 4.66. The zero-order valence-corrected chi connectivity index (χ0v) is 9.88. The van der Waals surface area contributed by atoms with Gasteiger partial charge in [-0.2, -0.15) is 0 Å². The molecule has 1 rings (SSSR count). The average Bonchev–Trinajstić information content (AvgIpc) is 3.04. The second-order valence-corrected chi connectivity index (χ2v) is 4.66. The van der Waals surface area contributed by atoms with Gasteiger partial charge in [-0.15, -0.1) is 0 Å². The normalized spacial score (nSPS) is 18.6. The number of hydrogen-bond acceptors (Lipinski definition) is 2. The molecule has 0 aromatic carbocycles. The van der Waals surface area contributed by atoms with Crippen LogP contribution in [-0.2, 0) is 4.79 Å². The van der Waals surface area contributed by atoms with Crippen molar-refractivity contribution < 1.29 is 14.7 Å². The highest BCUT2D eigenvalue weighted by Crippen LogP contribution is 2.45. The van der Waals surface area contributed by atoms with Crippen LogP contribution in [0.15, 0.2) is 0 Å². The van der Waals surface area contributed by atoms with Gasteiger partial charge in [0.1, 0.15) is 0 Å². The van der Waals surface area contributed by atoms with E-state index in [9.17, 15) is 9.59 Å². The van der Waals surface area contributed by atoms with E-state index < -0.39 is 11.4 Å². The Morgan fingerprint density at radius 1 is 1.38 bits per heavy atom. The van der Waals surface area contributed by atoms with E-state index in [2.05, 4.69) is 24.5 Å². The summed E-state index contributed by atoms with van der Waals surface area (Å²) in [4.78, 5) is 22.2. The Bertz CT molecular complexity index is 274. The van der Waals surface area contributed by atoms with Gasteiger partial charge < -0.3 is 15.7 Å². The largest absolute Gasteiger partial charge is 0.481 e. The molecule has 16 heavy (non-hydrogen) atoms. The van der Waals surface area contributed by atoms with Gasteiger partial charge in [0.15, 0.2) is 0 Å². The summed E-state index contributed by atoms with van der Waals surface area (Å²) in [5.74, 6) is -0.366. The Morgan fingerprint density at radius 2 is 2.00 bits per heavy atom. The molecule has 1 fully saturated rings. The first-order chi connectivity index (χ1) is 7.50.